The minimum absolute atomic E-state index is 0.0299. The van der Waals surface area contributed by atoms with E-state index < -0.39 is 6.29 Å². The molecular weight excluding hydrogens is 402 g/mol. The van der Waals surface area contributed by atoms with Crippen LogP contribution in [0.1, 0.15) is 55.2 Å². The maximum absolute atomic E-state index is 12.9. The predicted molar refractivity (Wildman–Crippen MR) is 123 cm³/mol. The maximum atomic E-state index is 12.9. The number of amides is 1. The summed E-state index contributed by atoms with van der Waals surface area (Å²) < 4.78 is 12.1. The smallest absolute Gasteiger partial charge is 0.286 e. The first-order valence-electron chi connectivity index (χ1n) is 11.7. The Balaban J connectivity index is 1.40. The molecule has 0 aromatic heterocycles. The minimum Gasteiger partial charge on any atom is -0.459 e. The highest BCUT2D eigenvalue weighted by Gasteiger charge is 2.32. The van der Waals surface area contributed by atoms with Gasteiger partial charge < -0.3 is 19.9 Å². The van der Waals surface area contributed by atoms with Crippen LogP contribution in [0.3, 0.4) is 0 Å². The molecule has 0 spiro atoms. The van der Waals surface area contributed by atoms with E-state index in [9.17, 15) is 9.90 Å². The van der Waals surface area contributed by atoms with Gasteiger partial charge in [-0.3, -0.25) is 4.79 Å². The Kier molecular flexibility index (Phi) is 7.97. The summed E-state index contributed by atoms with van der Waals surface area (Å²) in [6.45, 7) is 0.909. The van der Waals surface area contributed by atoms with Crippen molar-refractivity contribution in [1.82, 2.24) is 5.32 Å². The van der Waals surface area contributed by atoms with Crippen LogP contribution >= 0.6 is 0 Å². The van der Waals surface area contributed by atoms with Crippen LogP contribution < -0.4 is 5.32 Å². The van der Waals surface area contributed by atoms with Crippen molar-refractivity contribution in [3.05, 3.63) is 83.1 Å². The average Bonchev–Trinajstić information content (AvgIpc) is 2.87. The lowest BCUT2D eigenvalue weighted by molar-refractivity contribution is -0.156. The molecule has 1 amide bonds. The summed E-state index contributed by atoms with van der Waals surface area (Å²) >= 11 is 0. The number of carbonyl (C=O) groups excluding carboxylic acids is 1. The van der Waals surface area contributed by atoms with Gasteiger partial charge in [-0.2, -0.15) is 0 Å². The Morgan fingerprint density at radius 3 is 2.41 bits per heavy atom. The van der Waals surface area contributed by atoms with Gasteiger partial charge in [0, 0.05) is 13.0 Å². The van der Waals surface area contributed by atoms with Gasteiger partial charge in [-0.05, 0) is 47.4 Å². The molecule has 1 aliphatic carbocycles. The van der Waals surface area contributed by atoms with E-state index in [-0.39, 0.29) is 12.5 Å². The van der Waals surface area contributed by atoms with E-state index in [1.165, 1.54) is 32.1 Å². The molecule has 5 nitrogen and oxygen atoms in total. The predicted octanol–water partition coefficient (Wildman–Crippen LogP) is 4.84. The van der Waals surface area contributed by atoms with Gasteiger partial charge in [0.15, 0.2) is 5.76 Å². The van der Waals surface area contributed by atoms with Crippen LogP contribution in [-0.4, -0.2) is 17.3 Å². The summed E-state index contributed by atoms with van der Waals surface area (Å²) in [6.07, 6.45) is 8.59. The Hall–Kier alpha value is -2.63. The van der Waals surface area contributed by atoms with Gasteiger partial charge in [0.05, 0.1) is 13.2 Å². The second kappa shape index (κ2) is 11.3. The molecule has 0 unspecified atom stereocenters. The number of carbonyl (C=O) groups is 1. The van der Waals surface area contributed by atoms with Gasteiger partial charge in [-0.25, -0.2) is 0 Å². The van der Waals surface area contributed by atoms with Crippen LogP contribution in [0.5, 0.6) is 0 Å². The van der Waals surface area contributed by atoms with Crippen LogP contribution in [0, 0.1) is 11.8 Å². The minimum atomic E-state index is -0.443. The second-order valence-electron chi connectivity index (χ2n) is 8.83. The molecule has 1 saturated carbocycles. The lowest BCUT2D eigenvalue weighted by Crippen LogP contribution is -2.35. The fourth-order valence-electron chi connectivity index (χ4n) is 4.63. The molecule has 2 aromatic rings. The van der Waals surface area contributed by atoms with Crippen LogP contribution in [0.2, 0.25) is 0 Å². The quantitative estimate of drug-likeness (QED) is 0.623. The van der Waals surface area contributed by atoms with Gasteiger partial charge in [0.25, 0.3) is 5.91 Å². The van der Waals surface area contributed by atoms with Gasteiger partial charge in [0.2, 0.25) is 6.29 Å². The van der Waals surface area contributed by atoms with E-state index in [0.29, 0.717) is 30.7 Å². The van der Waals surface area contributed by atoms with Gasteiger partial charge in [-0.15, -0.1) is 0 Å². The molecule has 0 radical (unpaired) electrons. The molecule has 5 heteroatoms. The SMILES string of the molecule is O=C(NCc1ccccc1)C1=C[C@H](C2CCCCC2)C[C@H](OCc2ccc(CO)cc2)O1. The van der Waals surface area contributed by atoms with Crippen LogP contribution in [-0.2, 0) is 34.0 Å². The van der Waals surface area contributed by atoms with Crippen LogP contribution in [0.4, 0.5) is 0 Å². The van der Waals surface area contributed by atoms with Crippen molar-refractivity contribution in [3.8, 4) is 0 Å². The molecule has 2 N–H and O–H groups in total. The van der Waals surface area contributed by atoms with E-state index in [1.54, 1.807) is 0 Å². The average molecular weight is 436 g/mol. The van der Waals surface area contributed by atoms with E-state index >= 15 is 0 Å². The van der Waals surface area contributed by atoms with Crippen molar-refractivity contribution < 1.29 is 19.4 Å². The van der Waals surface area contributed by atoms with E-state index in [1.807, 2.05) is 60.7 Å². The largest absolute Gasteiger partial charge is 0.459 e. The molecule has 4 rings (SSSR count). The molecule has 1 aliphatic heterocycles. The third-order valence-corrected chi connectivity index (χ3v) is 6.50. The zero-order valence-corrected chi connectivity index (χ0v) is 18.5. The summed E-state index contributed by atoms with van der Waals surface area (Å²) in [5.41, 5.74) is 2.95. The van der Waals surface area contributed by atoms with E-state index in [4.69, 9.17) is 9.47 Å². The lowest BCUT2D eigenvalue weighted by Gasteiger charge is -2.35. The first-order valence-corrected chi connectivity index (χ1v) is 11.7. The van der Waals surface area contributed by atoms with Crippen molar-refractivity contribution in [2.24, 2.45) is 11.8 Å². The summed E-state index contributed by atoms with van der Waals surface area (Å²) in [4.78, 5) is 12.9. The highest BCUT2D eigenvalue weighted by molar-refractivity contribution is 5.91. The molecular formula is C27H33NO4. The Morgan fingerprint density at radius 2 is 1.69 bits per heavy atom. The molecule has 170 valence electrons. The van der Waals surface area contributed by atoms with Crippen molar-refractivity contribution >= 4 is 5.91 Å². The summed E-state index contributed by atoms with van der Waals surface area (Å²) in [5.74, 6) is 1.07. The number of allylic oxidation sites excluding steroid dienone is 1. The molecule has 32 heavy (non-hydrogen) atoms. The highest BCUT2D eigenvalue weighted by atomic mass is 16.7. The topological polar surface area (TPSA) is 67.8 Å². The Morgan fingerprint density at radius 1 is 0.969 bits per heavy atom. The van der Waals surface area contributed by atoms with Crippen LogP contribution in [0.25, 0.3) is 0 Å². The number of hydrogen-bond donors (Lipinski definition) is 2. The third kappa shape index (κ3) is 6.21. The Bertz CT molecular complexity index is 888. The van der Waals surface area contributed by atoms with Crippen LogP contribution in [0.15, 0.2) is 66.4 Å². The normalized spacial score (nSPS) is 21.5. The zero-order chi connectivity index (χ0) is 22.2. The van der Waals surface area contributed by atoms with E-state index in [2.05, 4.69) is 5.32 Å². The number of rotatable bonds is 8. The monoisotopic (exact) mass is 435 g/mol. The maximum Gasteiger partial charge on any atom is 0.286 e. The number of aliphatic hydroxyl groups is 1. The molecule has 1 heterocycles. The standard InChI is InChI=1S/C27H33NO4/c29-18-21-11-13-22(14-12-21)19-31-26-16-24(23-9-5-2-6-10-23)15-25(32-26)27(30)28-17-20-7-3-1-4-8-20/h1,3-4,7-8,11-15,23-24,26,29H,2,5-6,9-10,16-19H2,(H,28,30)/t24-,26+/m0/s1. The van der Waals surface area contributed by atoms with E-state index in [0.717, 1.165) is 23.1 Å². The van der Waals surface area contributed by atoms with Gasteiger partial charge in [-0.1, -0.05) is 73.9 Å². The molecule has 2 aromatic carbocycles. The van der Waals surface area contributed by atoms with Gasteiger partial charge >= 0.3 is 0 Å². The fraction of sp³-hybridized carbons (Fsp3) is 0.444. The van der Waals surface area contributed by atoms with Crippen molar-refractivity contribution in [1.29, 1.82) is 0 Å². The second-order valence-corrected chi connectivity index (χ2v) is 8.83. The molecule has 2 aliphatic rings. The van der Waals surface area contributed by atoms with Crippen molar-refractivity contribution in [3.63, 3.8) is 0 Å². The molecule has 2 atom stereocenters. The number of hydrogen-bond acceptors (Lipinski definition) is 4. The summed E-state index contributed by atoms with van der Waals surface area (Å²) in [7, 11) is 0. The first kappa shape index (κ1) is 22.6. The number of ether oxygens (including phenoxy) is 2. The van der Waals surface area contributed by atoms with Crippen molar-refractivity contribution in [2.45, 2.75) is 64.6 Å². The number of benzene rings is 2. The molecule has 1 fully saturated rings. The Labute approximate surface area is 190 Å². The third-order valence-electron chi connectivity index (χ3n) is 6.50. The first-order chi connectivity index (χ1) is 15.7. The van der Waals surface area contributed by atoms with Gasteiger partial charge in [0.1, 0.15) is 0 Å². The zero-order valence-electron chi connectivity index (χ0n) is 18.5. The fourth-order valence-corrected chi connectivity index (χ4v) is 4.63. The van der Waals surface area contributed by atoms with Crippen molar-refractivity contribution in [2.75, 3.05) is 0 Å². The summed E-state index contributed by atoms with van der Waals surface area (Å²) in [6, 6.07) is 17.6. The number of nitrogens with one attached hydrogen (secondary N) is 1. The summed E-state index contributed by atoms with van der Waals surface area (Å²) in [5, 5.41) is 12.2. The highest BCUT2D eigenvalue weighted by Crippen LogP contribution is 2.37. The lowest BCUT2D eigenvalue weighted by atomic mass is 9.77. The number of aliphatic hydroxyl groups excluding tert-OH is 1. The molecule has 0 saturated heterocycles. The molecule has 0 bridgehead atoms.